The minimum absolute atomic E-state index is 0.0163. The maximum atomic E-state index is 13.5. The Kier molecular flexibility index (Phi) is 4.77. The van der Waals surface area contributed by atoms with Gasteiger partial charge in [0.25, 0.3) is 5.91 Å². The topological polar surface area (TPSA) is 73.1 Å². The van der Waals surface area contributed by atoms with Gasteiger partial charge in [-0.2, -0.15) is 5.26 Å². The average Bonchev–Trinajstić information content (AvgIpc) is 2.50. The molecule has 2 rings (SSSR count). The number of benzene rings is 2. The zero-order valence-electron chi connectivity index (χ0n) is 11.2. The molecule has 0 aliphatic carbocycles. The molecular weight excluding hydrogens is 307 g/mol. The highest BCUT2D eigenvalue weighted by Crippen LogP contribution is 2.25. The van der Waals surface area contributed by atoms with Gasteiger partial charge in [0.05, 0.1) is 10.7 Å². The zero-order valence-corrected chi connectivity index (χ0v) is 11.9. The quantitative estimate of drug-likeness (QED) is 0.669. The summed E-state index contributed by atoms with van der Waals surface area (Å²) in [7, 11) is 0. The van der Waals surface area contributed by atoms with Gasteiger partial charge in [-0.3, -0.25) is 4.79 Å². The van der Waals surface area contributed by atoms with Gasteiger partial charge >= 0.3 is 0 Å². The van der Waals surface area contributed by atoms with E-state index in [4.69, 9.17) is 16.9 Å². The molecule has 1 amide bonds. The SMILES string of the molecule is N#C/C(=C\c1ccc(O)c(Cl)c1)C(=O)Nc1ccccc1F. The van der Waals surface area contributed by atoms with Crippen LogP contribution in [0.2, 0.25) is 5.02 Å². The molecule has 0 aromatic heterocycles. The van der Waals surface area contributed by atoms with Crippen LogP contribution in [0.25, 0.3) is 6.08 Å². The van der Waals surface area contributed by atoms with Gasteiger partial charge in [0.15, 0.2) is 0 Å². The molecule has 0 saturated carbocycles. The number of hydrogen-bond donors (Lipinski definition) is 2. The summed E-state index contributed by atoms with van der Waals surface area (Å²) in [4.78, 5) is 12.0. The molecule has 2 aromatic carbocycles. The lowest BCUT2D eigenvalue weighted by atomic mass is 10.1. The Labute approximate surface area is 131 Å². The van der Waals surface area contributed by atoms with E-state index in [1.807, 2.05) is 0 Å². The van der Waals surface area contributed by atoms with E-state index in [2.05, 4.69) is 5.32 Å². The van der Waals surface area contributed by atoms with E-state index in [0.29, 0.717) is 5.56 Å². The lowest BCUT2D eigenvalue weighted by molar-refractivity contribution is -0.112. The predicted molar refractivity (Wildman–Crippen MR) is 81.7 cm³/mol. The number of hydrogen-bond acceptors (Lipinski definition) is 3. The van der Waals surface area contributed by atoms with Gasteiger partial charge in [-0.25, -0.2) is 4.39 Å². The van der Waals surface area contributed by atoms with Gasteiger partial charge in [0.1, 0.15) is 23.2 Å². The number of carbonyl (C=O) groups is 1. The van der Waals surface area contributed by atoms with Crippen LogP contribution in [0.15, 0.2) is 48.0 Å². The summed E-state index contributed by atoms with van der Waals surface area (Å²) in [5, 5.41) is 20.8. The summed E-state index contributed by atoms with van der Waals surface area (Å²) < 4.78 is 13.5. The normalized spacial score (nSPS) is 10.9. The van der Waals surface area contributed by atoms with Gasteiger partial charge in [-0.15, -0.1) is 0 Å². The highest BCUT2D eigenvalue weighted by atomic mass is 35.5. The lowest BCUT2D eigenvalue weighted by Crippen LogP contribution is -2.14. The fraction of sp³-hybridized carbons (Fsp3) is 0. The molecule has 0 bridgehead atoms. The molecule has 0 atom stereocenters. The standard InChI is InChI=1S/C16H10ClFN2O2/c17-12-8-10(5-6-15(12)21)7-11(9-19)16(22)20-14-4-2-1-3-13(14)18/h1-8,21H,(H,20,22)/b11-7+. The summed E-state index contributed by atoms with van der Waals surface area (Å²) in [6.45, 7) is 0. The lowest BCUT2D eigenvalue weighted by Gasteiger charge is -2.05. The van der Waals surface area contributed by atoms with Crippen molar-refractivity contribution in [1.29, 1.82) is 5.26 Å². The summed E-state index contributed by atoms with van der Waals surface area (Å²) in [5.74, 6) is -1.44. The minimum atomic E-state index is -0.739. The molecule has 0 aliphatic heterocycles. The van der Waals surface area contributed by atoms with E-state index in [1.54, 1.807) is 12.1 Å². The molecule has 110 valence electrons. The molecule has 0 fully saturated rings. The second-order valence-corrected chi connectivity index (χ2v) is 4.72. The molecular formula is C16H10ClFN2O2. The molecule has 0 heterocycles. The van der Waals surface area contributed by atoms with E-state index in [9.17, 15) is 14.3 Å². The Morgan fingerprint density at radius 2 is 2.05 bits per heavy atom. The predicted octanol–water partition coefficient (Wildman–Crippen LogP) is 3.73. The van der Waals surface area contributed by atoms with Crippen LogP contribution in [0.1, 0.15) is 5.56 Å². The monoisotopic (exact) mass is 316 g/mol. The van der Waals surface area contributed by atoms with Crippen molar-refractivity contribution in [1.82, 2.24) is 0 Å². The van der Waals surface area contributed by atoms with Crippen molar-refractivity contribution >= 4 is 29.3 Å². The number of phenolic OH excluding ortho intramolecular Hbond substituents is 1. The van der Waals surface area contributed by atoms with E-state index < -0.39 is 11.7 Å². The third kappa shape index (κ3) is 3.62. The number of rotatable bonds is 3. The van der Waals surface area contributed by atoms with Gasteiger partial charge in [0, 0.05) is 0 Å². The number of nitriles is 1. The third-order valence-electron chi connectivity index (χ3n) is 2.77. The highest BCUT2D eigenvalue weighted by molar-refractivity contribution is 6.32. The van der Waals surface area contributed by atoms with Gasteiger partial charge < -0.3 is 10.4 Å². The fourth-order valence-corrected chi connectivity index (χ4v) is 1.87. The molecule has 4 nitrogen and oxygen atoms in total. The molecule has 0 saturated heterocycles. The summed E-state index contributed by atoms with van der Waals surface area (Å²) in [6, 6.07) is 11.6. The number of amides is 1. The van der Waals surface area contributed by atoms with Gasteiger partial charge in [-0.05, 0) is 35.9 Å². The number of carbonyl (C=O) groups excluding carboxylic acids is 1. The molecule has 0 spiro atoms. The summed E-state index contributed by atoms with van der Waals surface area (Å²) in [5.41, 5.74) is 0.227. The van der Waals surface area contributed by atoms with E-state index >= 15 is 0 Å². The van der Waals surface area contributed by atoms with Crippen LogP contribution in [0.5, 0.6) is 5.75 Å². The first-order valence-electron chi connectivity index (χ1n) is 6.17. The first kappa shape index (κ1) is 15.5. The van der Waals surface area contributed by atoms with Crippen LogP contribution >= 0.6 is 11.6 Å². The molecule has 2 aromatic rings. The van der Waals surface area contributed by atoms with Crippen molar-refractivity contribution in [3.05, 3.63) is 64.4 Å². The summed E-state index contributed by atoms with van der Waals surface area (Å²) in [6.07, 6.45) is 1.29. The number of phenols is 1. The second-order valence-electron chi connectivity index (χ2n) is 4.31. The Morgan fingerprint density at radius 1 is 1.32 bits per heavy atom. The molecule has 0 unspecified atom stereocenters. The molecule has 22 heavy (non-hydrogen) atoms. The molecule has 0 aliphatic rings. The van der Waals surface area contributed by atoms with Crippen LogP contribution in [-0.4, -0.2) is 11.0 Å². The van der Waals surface area contributed by atoms with Gasteiger partial charge in [-0.1, -0.05) is 29.8 Å². The average molecular weight is 317 g/mol. The van der Waals surface area contributed by atoms with Crippen molar-refractivity contribution in [3.63, 3.8) is 0 Å². The number of nitrogens with zero attached hydrogens (tertiary/aromatic N) is 1. The van der Waals surface area contributed by atoms with Crippen LogP contribution < -0.4 is 5.32 Å². The van der Waals surface area contributed by atoms with Crippen molar-refractivity contribution in [3.8, 4) is 11.8 Å². The van der Waals surface area contributed by atoms with Crippen LogP contribution in [-0.2, 0) is 4.79 Å². The number of nitrogens with one attached hydrogen (secondary N) is 1. The molecule has 2 N–H and O–H groups in total. The number of halogens is 2. The van der Waals surface area contributed by atoms with Crippen LogP contribution in [0, 0.1) is 17.1 Å². The van der Waals surface area contributed by atoms with E-state index in [-0.39, 0.29) is 22.0 Å². The Bertz CT molecular complexity index is 797. The third-order valence-corrected chi connectivity index (χ3v) is 3.07. The zero-order chi connectivity index (χ0) is 16.1. The fourth-order valence-electron chi connectivity index (χ4n) is 1.68. The second kappa shape index (κ2) is 6.74. The smallest absolute Gasteiger partial charge is 0.266 e. The van der Waals surface area contributed by atoms with E-state index in [0.717, 1.165) is 0 Å². The van der Waals surface area contributed by atoms with Crippen molar-refractivity contribution in [2.45, 2.75) is 0 Å². The maximum absolute atomic E-state index is 13.5. The largest absolute Gasteiger partial charge is 0.506 e. The first-order chi connectivity index (χ1) is 10.5. The maximum Gasteiger partial charge on any atom is 0.266 e. The van der Waals surface area contributed by atoms with Crippen molar-refractivity contribution in [2.75, 3.05) is 5.32 Å². The molecule has 6 heteroatoms. The minimum Gasteiger partial charge on any atom is -0.506 e. The van der Waals surface area contributed by atoms with Crippen LogP contribution in [0.3, 0.4) is 0 Å². The first-order valence-corrected chi connectivity index (χ1v) is 6.55. The number of para-hydroxylation sites is 1. The van der Waals surface area contributed by atoms with Gasteiger partial charge in [0.2, 0.25) is 0 Å². The Morgan fingerprint density at radius 3 is 2.68 bits per heavy atom. The van der Waals surface area contributed by atoms with E-state index in [1.165, 1.54) is 42.5 Å². The molecule has 0 radical (unpaired) electrons. The Hall–Kier alpha value is -2.84. The highest BCUT2D eigenvalue weighted by Gasteiger charge is 2.12. The number of anilines is 1. The van der Waals surface area contributed by atoms with Crippen molar-refractivity contribution < 1.29 is 14.3 Å². The Balaban J connectivity index is 2.26. The van der Waals surface area contributed by atoms with Crippen molar-refractivity contribution in [2.24, 2.45) is 0 Å². The summed E-state index contributed by atoms with van der Waals surface area (Å²) >= 11 is 5.76. The number of aromatic hydroxyl groups is 1. The van der Waals surface area contributed by atoms with Crippen LogP contribution in [0.4, 0.5) is 10.1 Å².